The highest BCUT2D eigenvalue weighted by atomic mass is 15.1. The lowest BCUT2D eigenvalue weighted by Gasteiger charge is -2.30. The molecule has 3 atom stereocenters. The number of fused-ring (bicyclic) bond motifs is 6. The predicted octanol–water partition coefficient (Wildman–Crippen LogP) is 14.2. The summed E-state index contributed by atoms with van der Waals surface area (Å²) in [5, 5.41) is 2.61. The van der Waals surface area contributed by atoms with Crippen molar-refractivity contribution < 1.29 is 0 Å². The summed E-state index contributed by atoms with van der Waals surface area (Å²) in [6.07, 6.45) is 12.4. The van der Waals surface area contributed by atoms with Crippen LogP contribution in [0.1, 0.15) is 106 Å². The van der Waals surface area contributed by atoms with Crippen molar-refractivity contribution >= 4 is 27.8 Å². The van der Waals surface area contributed by atoms with Gasteiger partial charge < -0.3 is 4.90 Å². The van der Waals surface area contributed by atoms with Gasteiger partial charge in [0.2, 0.25) is 0 Å². The van der Waals surface area contributed by atoms with Crippen LogP contribution in [-0.2, 0) is 5.41 Å². The lowest BCUT2D eigenvalue weighted by atomic mass is 9.78. The van der Waals surface area contributed by atoms with E-state index in [9.17, 15) is 0 Å². The minimum atomic E-state index is -0.157. The van der Waals surface area contributed by atoms with Gasteiger partial charge in [-0.1, -0.05) is 131 Å². The van der Waals surface area contributed by atoms with Crippen LogP contribution in [0, 0.1) is 11.8 Å². The second kappa shape index (κ2) is 12.3. The summed E-state index contributed by atoms with van der Waals surface area (Å²) in [7, 11) is 0. The first kappa shape index (κ1) is 31.1. The molecule has 3 saturated carbocycles. The summed E-state index contributed by atoms with van der Waals surface area (Å²) in [6, 6.07) is 49.1. The van der Waals surface area contributed by atoms with Crippen LogP contribution >= 0.6 is 0 Å². The lowest BCUT2D eigenvalue weighted by molar-refractivity contribution is 0.420. The van der Waals surface area contributed by atoms with E-state index in [1.807, 2.05) is 0 Å². The number of hydrogen-bond acceptors (Lipinski definition) is 1. The van der Waals surface area contributed by atoms with Crippen molar-refractivity contribution in [2.45, 2.75) is 88.9 Å². The standard InChI is InChI=1S/C50H49N/c1-50(2)48-32-41(27-28-44(48)46-20-10-19-45(49(46)50)43-18-9-14-35-13-6-7-17-42(35)43)51(40-16-8-15-37(31-40)34-11-4-3-5-12-34)39-25-23-36(24-26-39)47-30-33-21-22-38(47)29-33/h6-10,13-20,23-28,31-34,38,47H,3-5,11-12,21-22,29-30H2,1-2H3. The van der Waals surface area contributed by atoms with Gasteiger partial charge in [0, 0.05) is 22.5 Å². The number of rotatable bonds is 6. The molecule has 0 saturated heterocycles. The average Bonchev–Trinajstić information content (AvgIpc) is 3.88. The van der Waals surface area contributed by atoms with Gasteiger partial charge in [-0.25, -0.2) is 0 Å². The molecule has 0 heterocycles. The van der Waals surface area contributed by atoms with E-state index >= 15 is 0 Å². The van der Waals surface area contributed by atoms with E-state index in [0.717, 1.165) is 17.8 Å². The number of hydrogen-bond donors (Lipinski definition) is 0. The third-order valence-electron chi connectivity index (χ3n) is 13.5. The zero-order chi connectivity index (χ0) is 34.1. The molecule has 3 fully saturated rings. The van der Waals surface area contributed by atoms with E-state index < -0.39 is 0 Å². The Morgan fingerprint density at radius 3 is 2.04 bits per heavy atom. The number of anilines is 3. The molecule has 1 heteroatoms. The third kappa shape index (κ3) is 5.18. The second-order valence-corrected chi connectivity index (χ2v) is 16.7. The van der Waals surface area contributed by atoms with Crippen LogP contribution < -0.4 is 4.90 Å². The normalized spacial score (nSPS) is 21.9. The molecule has 10 rings (SSSR count). The van der Waals surface area contributed by atoms with E-state index in [1.165, 1.54) is 125 Å². The molecule has 6 aromatic rings. The van der Waals surface area contributed by atoms with Crippen molar-refractivity contribution in [2.75, 3.05) is 4.90 Å². The Hall–Kier alpha value is -4.62. The van der Waals surface area contributed by atoms with Crippen molar-refractivity contribution in [1.29, 1.82) is 0 Å². The van der Waals surface area contributed by atoms with E-state index in [1.54, 1.807) is 5.56 Å². The molecule has 0 spiro atoms. The maximum Gasteiger partial charge on any atom is 0.0465 e. The van der Waals surface area contributed by atoms with Crippen molar-refractivity contribution in [1.82, 2.24) is 0 Å². The topological polar surface area (TPSA) is 3.24 Å². The quantitative estimate of drug-likeness (QED) is 0.171. The Morgan fingerprint density at radius 1 is 0.529 bits per heavy atom. The molecule has 6 aromatic carbocycles. The average molecular weight is 664 g/mol. The van der Waals surface area contributed by atoms with Gasteiger partial charge in [0.25, 0.3) is 0 Å². The van der Waals surface area contributed by atoms with Crippen molar-refractivity contribution in [2.24, 2.45) is 11.8 Å². The van der Waals surface area contributed by atoms with Crippen LogP contribution in [-0.4, -0.2) is 0 Å². The molecule has 0 N–H and O–H groups in total. The molecule has 0 amide bonds. The summed E-state index contributed by atoms with van der Waals surface area (Å²) in [6.45, 7) is 4.88. The van der Waals surface area contributed by atoms with Gasteiger partial charge >= 0.3 is 0 Å². The maximum atomic E-state index is 2.54. The number of benzene rings is 6. The largest absolute Gasteiger partial charge is 0.310 e. The first-order valence-electron chi connectivity index (χ1n) is 19.8. The fourth-order valence-electron chi connectivity index (χ4n) is 11.0. The summed E-state index contributed by atoms with van der Waals surface area (Å²) in [5.41, 5.74) is 14.9. The molecule has 254 valence electrons. The van der Waals surface area contributed by atoms with Crippen LogP contribution in [0.25, 0.3) is 33.0 Å². The van der Waals surface area contributed by atoms with Crippen LogP contribution in [0.15, 0.2) is 127 Å². The molecule has 2 bridgehead atoms. The van der Waals surface area contributed by atoms with Crippen LogP contribution in [0.3, 0.4) is 0 Å². The van der Waals surface area contributed by atoms with Crippen molar-refractivity contribution in [3.05, 3.63) is 150 Å². The summed E-state index contributed by atoms with van der Waals surface area (Å²) < 4.78 is 0. The molecule has 51 heavy (non-hydrogen) atoms. The van der Waals surface area contributed by atoms with Crippen LogP contribution in [0.4, 0.5) is 17.1 Å². The molecule has 3 unspecified atom stereocenters. The summed E-state index contributed by atoms with van der Waals surface area (Å²) in [4.78, 5) is 2.54. The molecule has 4 aliphatic rings. The zero-order valence-corrected chi connectivity index (χ0v) is 30.2. The Labute approximate surface area is 304 Å². The maximum absolute atomic E-state index is 2.54. The second-order valence-electron chi connectivity index (χ2n) is 16.7. The highest BCUT2D eigenvalue weighted by molar-refractivity contribution is 6.00. The Morgan fingerprint density at radius 2 is 1.24 bits per heavy atom. The molecule has 4 aliphatic carbocycles. The van der Waals surface area contributed by atoms with Crippen molar-refractivity contribution in [3.8, 4) is 22.3 Å². The highest BCUT2D eigenvalue weighted by Crippen LogP contribution is 2.55. The van der Waals surface area contributed by atoms with E-state index in [4.69, 9.17) is 0 Å². The lowest BCUT2D eigenvalue weighted by Crippen LogP contribution is -2.18. The summed E-state index contributed by atoms with van der Waals surface area (Å²) in [5.74, 6) is 3.26. The van der Waals surface area contributed by atoms with Gasteiger partial charge in [-0.2, -0.15) is 0 Å². The fourth-order valence-corrected chi connectivity index (χ4v) is 11.0. The monoisotopic (exact) mass is 663 g/mol. The molecular weight excluding hydrogens is 615 g/mol. The molecule has 0 radical (unpaired) electrons. The smallest absolute Gasteiger partial charge is 0.0465 e. The Balaban J connectivity index is 1.08. The SMILES string of the molecule is CC1(C)c2cc(N(c3ccc(C4CC5CCC4C5)cc3)c3cccc(C4CCCCC4)c3)ccc2-c2cccc(-c3cccc4ccccc34)c21. The number of nitrogens with zero attached hydrogens (tertiary/aromatic N) is 1. The first-order chi connectivity index (χ1) is 25.0. The molecule has 1 nitrogen and oxygen atoms in total. The predicted molar refractivity (Wildman–Crippen MR) is 216 cm³/mol. The first-order valence-corrected chi connectivity index (χ1v) is 19.8. The Bertz CT molecular complexity index is 2250. The minimum absolute atomic E-state index is 0.157. The van der Waals surface area contributed by atoms with Gasteiger partial charge in [-0.15, -0.1) is 0 Å². The van der Waals surface area contributed by atoms with Gasteiger partial charge in [-0.05, 0) is 147 Å². The van der Waals surface area contributed by atoms with Gasteiger partial charge in [0.05, 0.1) is 0 Å². The van der Waals surface area contributed by atoms with Gasteiger partial charge in [0.1, 0.15) is 0 Å². The fraction of sp³-hybridized carbons (Fsp3) is 0.320. The van der Waals surface area contributed by atoms with Crippen molar-refractivity contribution in [3.63, 3.8) is 0 Å². The van der Waals surface area contributed by atoms with E-state index in [-0.39, 0.29) is 5.41 Å². The highest BCUT2D eigenvalue weighted by Gasteiger charge is 2.41. The minimum Gasteiger partial charge on any atom is -0.310 e. The molecule has 0 aromatic heterocycles. The molecular formula is C50H49N. The van der Waals surface area contributed by atoms with E-state index in [2.05, 4.69) is 146 Å². The van der Waals surface area contributed by atoms with E-state index in [0.29, 0.717) is 5.92 Å². The van der Waals surface area contributed by atoms with Gasteiger partial charge in [0.15, 0.2) is 0 Å². The molecule has 0 aliphatic heterocycles. The summed E-state index contributed by atoms with van der Waals surface area (Å²) >= 11 is 0. The zero-order valence-electron chi connectivity index (χ0n) is 30.2. The third-order valence-corrected chi connectivity index (χ3v) is 13.5. The van der Waals surface area contributed by atoms with Crippen LogP contribution in [0.5, 0.6) is 0 Å². The Kier molecular flexibility index (Phi) is 7.49. The van der Waals surface area contributed by atoms with Crippen LogP contribution in [0.2, 0.25) is 0 Å². The van der Waals surface area contributed by atoms with Gasteiger partial charge in [-0.3, -0.25) is 0 Å².